The minimum absolute atomic E-state index is 0.296. The largest absolute Gasteiger partial charge is 0.456 e. The minimum atomic E-state index is -1.59. The van der Waals surface area contributed by atoms with E-state index in [1.165, 1.54) is 10.9 Å². The fraction of sp³-hybridized carbons (Fsp3) is 0.429. The zero-order valence-electron chi connectivity index (χ0n) is 19.9. The maximum absolute atomic E-state index is 6.24. The van der Waals surface area contributed by atoms with Crippen LogP contribution in [0.1, 0.15) is 52.0 Å². The van der Waals surface area contributed by atoms with Crippen molar-refractivity contribution in [1.29, 1.82) is 0 Å². The third-order valence-electron chi connectivity index (χ3n) is 6.43. The summed E-state index contributed by atoms with van der Waals surface area (Å²) in [7, 11) is -1.59. The predicted molar refractivity (Wildman–Crippen MR) is 136 cm³/mol. The van der Waals surface area contributed by atoms with Crippen LogP contribution in [-0.4, -0.2) is 14.9 Å². The molecule has 0 saturated carbocycles. The number of fused-ring (bicyclic) bond motifs is 1. The van der Waals surface area contributed by atoms with Crippen LogP contribution in [0.15, 0.2) is 71.2 Å². The third kappa shape index (κ3) is 6.69. The Morgan fingerprint density at radius 3 is 2.32 bits per heavy atom. The van der Waals surface area contributed by atoms with Gasteiger partial charge in [0.2, 0.25) is 0 Å². The maximum atomic E-state index is 6.24. The Balaban J connectivity index is 1.39. The van der Waals surface area contributed by atoms with Gasteiger partial charge in [0.05, 0.1) is 0 Å². The van der Waals surface area contributed by atoms with Crippen molar-refractivity contribution in [2.75, 3.05) is 6.61 Å². The molecule has 3 heteroatoms. The minimum Gasteiger partial charge on any atom is -0.456 e. The van der Waals surface area contributed by atoms with Gasteiger partial charge in [-0.1, -0.05) is 75.4 Å². The molecule has 3 aromatic rings. The highest BCUT2D eigenvalue weighted by Gasteiger charge is 2.36. The van der Waals surface area contributed by atoms with Crippen LogP contribution in [0.3, 0.4) is 0 Å². The molecule has 166 valence electrons. The van der Waals surface area contributed by atoms with Crippen molar-refractivity contribution in [3.05, 3.63) is 72.3 Å². The lowest BCUT2D eigenvalue weighted by Crippen LogP contribution is -2.40. The highest BCUT2D eigenvalue weighted by Crippen LogP contribution is 2.36. The molecule has 0 fully saturated rings. The topological polar surface area (TPSA) is 22.4 Å². The lowest BCUT2D eigenvalue weighted by atomic mass is 10.1. The van der Waals surface area contributed by atoms with Gasteiger partial charge in [-0.2, -0.15) is 0 Å². The molecular weight excluding hydrogens is 396 g/mol. The van der Waals surface area contributed by atoms with Crippen molar-refractivity contribution in [2.45, 2.75) is 71.0 Å². The van der Waals surface area contributed by atoms with Crippen molar-refractivity contribution < 1.29 is 8.84 Å². The summed E-state index contributed by atoms with van der Waals surface area (Å²) in [5, 5.41) is 1.47. The smallest absolute Gasteiger partial charge is 0.191 e. The summed E-state index contributed by atoms with van der Waals surface area (Å²) < 4.78 is 12.3. The number of rotatable bonds is 10. The van der Waals surface area contributed by atoms with E-state index in [2.05, 4.69) is 82.4 Å². The lowest BCUT2D eigenvalue weighted by molar-refractivity contribution is 0.283. The zero-order chi connectivity index (χ0) is 22.3. The second-order valence-corrected chi connectivity index (χ2v) is 14.8. The van der Waals surface area contributed by atoms with E-state index in [1.54, 1.807) is 0 Å². The molecule has 1 aromatic heterocycles. The molecule has 0 N–H and O–H groups in total. The summed E-state index contributed by atoms with van der Waals surface area (Å²) in [5.41, 5.74) is 3.45. The number of unbranched alkanes of at least 4 members (excludes halogenated alkanes) is 2. The average Bonchev–Trinajstić information content (AvgIpc) is 3.16. The van der Waals surface area contributed by atoms with Crippen LogP contribution >= 0.6 is 0 Å². The second kappa shape index (κ2) is 10.5. The Hall–Kier alpha value is -2.10. The molecule has 0 amide bonds. The van der Waals surface area contributed by atoms with Crippen molar-refractivity contribution in [2.24, 2.45) is 0 Å². The van der Waals surface area contributed by atoms with Crippen LogP contribution in [0.2, 0.25) is 18.1 Å². The lowest BCUT2D eigenvalue weighted by Gasteiger charge is -2.36. The van der Waals surface area contributed by atoms with Gasteiger partial charge in [0, 0.05) is 17.6 Å². The maximum Gasteiger partial charge on any atom is 0.191 e. The first-order valence-corrected chi connectivity index (χ1v) is 14.5. The Labute approximate surface area is 189 Å². The van der Waals surface area contributed by atoms with Gasteiger partial charge >= 0.3 is 0 Å². The van der Waals surface area contributed by atoms with Gasteiger partial charge < -0.3 is 8.84 Å². The van der Waals surface area contributed by atoms with Crippen molar-refractivity contribution in [3.8, 4) is 11.3 Å². The molecule has 2 aromatic carbocycles. The number of furan rings is 1. The molecule has 31 heavy (non-hydrogen) atoms. The summed E-state index contributed by atoms with van der Waals surface area (Å²) >= 11 is 0. The fourth-order valence-electron chi connectivity index (χ4n) is 3.38. The zero-order valence-corrected chi connectivity index (χ0v) is 20.9. The van der Waals surface area contributed by atoms with Crippen molar-refractivity contribution in [1.82, 2.24) is 0 Å². The van der Waals surface area contributed by atoms with Crippen LogP contribution < -0.4 is 0 Å². The fourth-order valence-corrected chi connectivity index (χ4v) is 4.47. The SMILES string of the molecule is CC(C)(C)[Si](C)(C)OCCC/C=C/CCCc1ccc2cc(-c3ccccc3)oc2c1. The Bertz CT molecular complexity index is 977. The van der Waals surface area contributed by atoms with Crippen molar-refractivity contribution in [3.63, 3.8) is 0 Å². The van der Waals surface area contributed by atoms with E-state index in [0.717, 1.165) is 55.6 Å². The Morgan fingerprint density at radius 1 is 0.903 bits per heavy atom. The van der Waals surface area contributed by atoms with E-state index in [4.69, 9.17) is 8.84 Å². The normalized spacial score (nSPS) is 12.8. The number of aryl methyl sites for hydroxylation is 1. The number of benzene rings is 2. The molecule has 2 nitrogen and oxygen atoms in total. The Morgan fingerprint density at radius 2 is 1.61 bits per heavy atom. The van der Waals surface area contributed by atoms with E-state index >= 15 is 0 Å². The van der Waals surface area contributed by atoms with Gasteiger partial charge in [-0.15, -0.1) is 0 Å². The first-order valence-electron chi connectivity index (χ1n) is 11.6. The molecule has 1 heterocycles. The molecule has 0 unspecified atom stereocenters. The van der Waals surface area contributed by atoms with Crippen LogP contribution in [0, 0.1) is 0 Å². The molecule has 0 aliphatic carbocycles. The molecular formula is C28H38O2Si. The Kier molecular flexibility index (Phi) is 7.96. The van der Waals surface area contributed by atoms with Gasteiger partial charge in [0.25, 0.3) is 0 Å². The van der Waals surface area contributed by atoms with Gasteiger partial charge in [-0.05, 0) is 67.9 Å². The number of hydrogen-bond acceptors (Lipinski definition) is 2. The summed E-state index contributed by atoms with van der Waals surface area (Å²) in [4.78, 5) is 0. The van der Waals surface area contributed by atoms with E-state index in [0.29, 0.717) is 5.04 Å². The van der Waals surface area contributed by atoms with E-state index in [-0.39, 0.29) is 0 Å². The number of allylic oxidation sites excluding steroid dienone is 2. The third-order valence-corrected chi connectivity index (χ3v) is 11.0. The quantitative estimate of drug-likeness (QED) is 0.181. The van der Waals surface area contributed by atoms with Gasteiger partial charge in [0.15, 0.2) is 8.32 Å². The van der Waals surface area contributed by atoms with Gasteiger partial charge in [-0.3, -0.25) is 0 Å². The van der Waals surface area contributed by atoms with Crippen molar-refractivity contribution >= 4 is 19.3 Å². The molecule has 3 rings (SSSR count). The van der Waals surface area contributed by atoms with E-state index in [1.807, 2.05) is 18.2 Å². The first-order chi connectivity index (χ1) is 14.8. The summed E-state index contributed by atoms with van der Waals surface area (Å²) in [6, 6.07) is 19.0. The second-order valence-electron chi connectivity index (χ2n) is 9.96. The molecule has 0 saturated heterocycles. The molecule has 0 spiro atoms. The molecule has 0 aliphatic heterocycles. The summed E-state index contributed by atoms with van der Waals surface area (Å²) in [5.74, 6) is 0.938. The van der Waals surface area contributed by atoms with Gasteiger partial charge in [-0.25, -0.2) is 0 Å². The highest BCUT2D eigenvalue weighted by atomic mass is 28.4. The summed E-state index contributed by atoms with van der Waals surface area (Å²) in [6.45, 7) is 12.4. The standard InChI is InChI=1S/C28H38O2Si/c1-28(2,3)31(4,5)29-20-14-9-7-6-8-11-15-23-18-19-25-22-27(30-26(25)21-23)24-16-12-10-13-17-24/h6-7,10,12-13,16-19,21-22H,8-9,11,14-15,20H2,1-5H3/b7-6+. The highest BCUT2D eigenvalue weighted by molar-refractivity contribution is 6.74. The summed E-state index contributed by atoms with van der Waals surface area (Å²) in [6.07, 6.45) is 10.2. The van der Waals surface area contributed by atoms with Crippen LogP contribution in [-0.2, 0) is 10.8 Å². The van der Waals surface area contributed by atoms with Gasteiger partial charge in [0.1, 0.15) is 11.3 Å². The predicted octanol–water partition coefficient (Wildman–Crippen LogP) is 8.78. The van der Waals surface area contributed by atoms with E-state index in [9.17, 15) is 0 Å². The van der Waals surface area contributed by atoms with Crippen LogP contribution in [0.5, 0.6) is 0 Å². The molecule has 0 bridgehead atoms. The average molecular weight is 435 g/mol. The number of hydrogen-bond donors (Lipinski definition) is 0. The first kappa shape index (κ1) is 23.6. The monoisotopic (exact) mass is 434 g/mol. The molecule has 0 radical (unpaired) electrons. The van der Waals surface area contributed by atoms with E-state index < -0.39 is 8.32 Å². The molecule has 0 atom stereocenters. The molecule has 0 aliphatic rings. The van der Waals surface area contributed by atoms with Crippen LogP contribution in [0.4, 0.5) is 0 Å². The van der Waals surface area contributed by atoms with Crippen LogP contribution in [0.25, 0.3) is 22.3 Å².